The van der Waals surface area contributed by atoms with Crippen molar-refractivity contribution in [1.29, 1.82) is 0 Å². The lowest BCUT2D eigenvalue weighted by molar-refractivity contribution is -0.120. The van der Waals surface area contributed by atoms with Gasteiger partial charge in [0.1, 0.15) is 5.03 Å². The van der Waals surface area contributed by atoms with Gasteiger partial charge in [0.2, 0.25) is 5.91 Å². The van der Waals surface area contributed by atoms with Crippen LogP contribution in [0.15, 0.2) is 75.3 Å². The number of nitrogens with one attached hydrogen (secondary N) is 1. The second-order valence-electron chi connectivity index (χ2n) is 7.38. The van der Waals surface area contributed by atoms with Crippen molar-refractivity contribution in [2.45, 2.75) is 29.7 Å². The number of carbonyl (C=O) groups excluding carboxylic acids is 1. The Labute approximate surface area is 189 Å². The summed E-state index contributed by atoms with van der Waals surface area (Å²) in [6, 6.07) is 16.0. The number of nitrogens with zero attached hydrogens (tertiary/aromatic N) is 3. The molecule has 0 unspecified atom stereocenters. The monoisotopic (exact) mass is 482 g/mol. The van der Waals surface area contributed by atoms with E-state index in [4.69, 9.17) is 0 Å². The summed E-state index contributed by atoms with van der Waals surface area (Å²) in [7, 11) is 0. The molecule has 2 heterocycles. The summed E-state index contributed by atoms with van der Waals surface area (Å²) in [6.07, 6.45) is 5.27. The Bertz CT molecular complexity index is 1030. The second kappa shape index (κ2) is 9.62. The van der Waals surface area contributed by atoms with Crippen molar-refractivity contribution in [3.8, 4) is 0 Å². The molecule has 1 fully saturated rings. The maximum atomic E-state index is 12.9. The van der Waals surface area contributed by atoms with E-state index in [1.54, 1.807) is 24.2 Å². The highest BCUT2D eigenvalue weighted by Crippen LogP contribution is 2.34. The van der Waals surface area contributed by atoms with Crippen molar-refractivity contribution in [1.82, 2.24) is 9.97 Å². The number of hydrogen-bond acceptors (Lipinski definition) is 5. The average molecular weight is 483 g/mol. The molecule has 0 spiro atoms. The smallest absolute Gasteiger partial charge is 0.229 e. The van der Waals surface area contributed by atoms with Crippen molar-refractivity contribution in [3.63, 3.8) is 0 Å². The Morgan fingerprint density at radius 3 is 2.77 bits per heavy atom. The molecule has 7 heteroatoms. The molecule has 1 aromatic heterocycles. The molecule has 154 valence electrons. The van der Waals surface area contributed by atoms with E-state index in [2.05, 4.69) is 67.3 Å². The van der Waals surface area contributed by atoms with Crippen LogP contribution < -0.4 is 10.2 Å². The number of aromatic nitrogens is 2. The number of aryl methyl sites for hydroxylation is 1. The van der Waals surface area contributed by atoms with Gasteiger partial charge < -0.3 is 10.2 Å². The SMILES string of the molecule is Cc1cccc(Sc2nccnc2N2CCC[C@H](C(=O)Nc3ccc(Br)cc3)C2)c1. The third-order valence-corrected chi connectivity index (χ3v) is 6.55. The van der Waals surface area contributed by atoms with Crippen LogP contribution in [0.5, 0.6) is 0 Å². The first kappa shape index (κ1) is 20.9. The fourth-order valence-electron chi connectivity index (χ4n) is 3.56. The molecule has 1 N–H and O–H groups in total. The highest BCUT2D eigenvalue weighted by Gasteiger charge is 2.28. The maximum absolute atomic E-state index is 12.9. The summed E-state index contributed by atoms with van der Waals surface area (Å²) in [5.41, 5.74) is 2.03. The number of benzene rings is 2. The van der Waals surface area contributed by atoms with Gasteiger partial charge in [0, 0.05) is 40.5 Å². The molecular weight excluding hydrogens is 460 g/mol. The van der Waals surface area contributed by atoms with Crippen LogP contribution in [0.3, 0.4) is 0 Å². The van der Waals surface area contributed by atoms with Gasteiger partial charge in [0.15, 0.2) is 5.82 Å². The number of amides is 1. The summed E-state index contributed by atoms with van der Waals surface area (Å²) < 4.78 is 0.991. The first-order chi connectivity index (χ1) is 14.6. The van der Waals surface area contributed by atoms with Crippen molar-refractivity contribution in [2.24, 2.45) is 5.92 Å². The lowest BCUT2D eigenvalue weighted by Gasteiger charge is -2.33. The molecule has 30 heavy (non-hydrogen) atoms. The summed E-state index contributed by atoms with van der Waals surface area (Å²) in [4.78, 5) is 25.4. The molecule has 2 aromatic carbocycles. The predicted octanol–water partition coefficient (Wildman–Crippen LogP) is 5.55. The fraction of sp³-hybridized carbons (Fsp3) is 0.261. The fourth-order valence-corrected chi connectivity index (χ4v) is 4.82. The van der Waals surface area contributed by atoms with E-state index in [1.165, 1.54) is 5.56 Å². The van der Waals surface area contributed by atoms with E-state index in [0.717, 1.165) is 45.3 Å². The van der Waals surface area contributed by atoms with Gasteiger partial charge >= 0.3 is 0 Å². The average Bonchev–Trinajstić information content (AvgIpc) is 2.76. The normalized spacial score (nSPS) is 16.3. The van der Waals surface area contributed by atoms with E-state index < -0.39 is 0 Å². The van der Waals surface area contributed by atoms with Crippen molar-refractivity contribution >= 4 is 45.1 Å². The number of hydrogen-bond donors (Lipinski definition) is 1. The second-order valence-corrected chi connectivity index (χ2v) is 9.36. The highest BCUT2D eigenvalue weighted by molar-refractivity contribution is 9.10. The van der Waals surface area contributed by atoms with Gasteiger partial charge in [-0.3, -0.25) is 4.79 Å². The van der Waals surface area contributed by atoms with Crippen LogP contribution >= 0.6 is 27.7 Å². The van der Waals surface area contributed by atoms with E-state index in [1.807, 2.05) is 24.3 Å². The molecule has 1 aliphatic rings. The Kier molecular flexibility index (Phi) is 6.69. The molecule has 3 aromatic rings. The molecule has 0 radical (unpaired) electrons. The quantitative estimate of drug-likeness (QED) is 0.516. The highest BCUT2D eigenvalue weighted by atomic mass is 79.9. The third-order valence-electron chi connectivity index (χ3n) is 5.05. The topological polar surface area (TPSA) is 58.1 Å². The zero-order chi connectivity index (χ0) is 20.9. The molecular formula is C23H23BrN4OS. The molecule has 1 atom stereocenters. The molecule has 0 aliphatic carbocycles. The Morgan fingerprint density at radius 2 is 1.97 bits per heavy atom. The van der Waals surface area contributed by atoms with Gasteiger partial charge in [-0.15, -0.1) is 0 Å². The van der Waals surface area contributed by atoms with Crippen LogP contribution in [0, 0.1) is 12.8 Å². The van der Waals surface area contributed by atoms with Gasteiger partial charge in [-0.25, -0.2) is 9.97 Å². The molecule has 1 aliphatic heterocycles. The molecule has 5 nitrogen and oxygen atoms in total. The Balaban J connectivity index is 1.48. The van der Waals surface area contributed by atoms with Crippen molar-refractivity contribution in [3.05, 3.63) is 71.0 Å². The summed E-state index contributed by atoms with van der Waals surface area (Å²) in [5.74, 6) is 0.824. The summed E-state index contributed by atoms with van der Waals surface area (Å²) in [5, 5.41) is 3.92. The third kappa shape index (κ3) is 5.21. The zero-order valence-electron chi connectivity index (χ0n) is 16.7. The largest absolute Gasteiger partial charge is 0.354 e. The number of anilines is 2. The van der Waals surface area contributed by atoms with Gasteiger partial charge in [-0.2, -0.15) is 0 Å². The Morgan fingerprint density at radius 1 is 1.17 bits per heavy atom. The Hall–Kier alpha value is -2.38. The number of halogens is 1. The number of piperidine rings is 1. The lowest BCUT2D eigenvalue weighted by Crippen LogP contribution is -2.41. The van der Waals surface area contributed by atoms with E-state index in [-0.39, 0.29) is 11.8 Å². The van der Waals surface area contributed by atoms with Crippen LogP contribution in [-0.4, -0.2) is 29.0 Å². The lowest BCUT2D eigenvalue weighted by atomic mass is 9.97. The summed E-state index contributed by atoms with van der Waals surface area (Å²) >= 11 is 5.04. The van der Waals surface area contributed by atoms with Crippen LogP contribution in [0.2, 0.25) is 0 Å². The standard InChI is InChI=1S/C23H23BrN4OS/c1-16-4-2-6-20(14-16)30-23-21(25-11-12-26-23)28-13-3-5-17(15-28)22(29)27-19-9-7-18(24)8-10-19/h2,4,6-12,14,17H,3,5,13,15H2,1H3,(H,27,29)/t17-/m0/s1. The van der Waals surface area contributed by atoms with Gasteiger partial charge in [0.05, 0.1) is 5.92 Å². The van der Waals surface area contributed by atoms with Crippen LogP contribution in [0.1, 0.15) is 18.4 Å². The van der Waals surface area contributed by atoms with Crippen LogP contribution in [0.4, 0.5) is 11.5 Å². The molecule has 1 saturated heterocycles. The van der Waals surface area contributed by atoms with E-state index in [0.29, 0.717) is 6.54 Å². The maximum Gasteiger partial charge on any atom is 0.229 e. The molecule has 4 rings (SSSR count). The predicted molar refractivity (Wildman–Crippen MR) is 125 cm³/mol. The van der Waals surface area contributed by atoms with Gasteiger partial charge in [0.25, 0.3) is 0 Å². The first-order valence-electron chi connectivity index (χ1n) is 9.95. The minimum absolute atomic E-state index is 0.0544. The number of carbonyl (C=O) groups is 1. The van der Waals surface area contributed by atoms with E-state index in [9.17, 15) is 4.79 Å². The molecule has 1 amide bonds. The van der Waals surface area contributed by atoms with Crippen LogP contribution in [0.25, 0.3) is 0 Å². The minimum atomic E-state index is -0.0822. The van der Waals surface area contributed by atoms with Gasteiger partial charge in [-0.1, -0.05) is 45.4 Å². The molecule has 0 saturated carbocycles. The summed E-state index contributed by atoms with van der Waals surface area (Å²) in [6.45, 7) is 3.60. The zero-order valence-corrected chi connectivity index (χ0v) is 19.1. The van der Waals surface area contributed by atoms with Crippen molar-refractivity contribution in [2.75, 3.05) is 23.3 Å². The minimum Gasteiger partial charge on any atom is -0.354 e. The molecule has 0 bridgehead atoms. The van der Waals surface area contributed by atoms with E-state index >= 15 is 0 Å². The number of rotatable bonds is 5. The van der Waals surface area contributed by atoms with Gasteiger partial charge in [-0.05, 0) is 56.2 Å². The first-order valence-corrected chi connectivity index (χ1v) is 11.6. The van der Waals surface area contributed by atoms with Crippen molar-refractivity contribution < 1.29 is 4.79 Å². The van der Waals surface area contributed by atoms with Crippen LogP contribution in [-0.2, 0) is 4.79 Å².